The van der Waals surface area contributed by atoms with Crippen molar-refractivity contribution in [2.24, 2.45) is 0 Å². The van der Waals surface area contributed by atoms with Crippen molar-refractivity contribution in [2.75, 3.05) is 7.05 Å². The van der Waals surface area contributed by atoms with E-state index < -0.39 is 0 Å². The molecule has 1 unspecified atom stereocenters. The van der Waals surface area contributed by atoms with Gasteiger partial charge in [0, 0.05) is 23.9 Å². The van der Waals surface area contributed by atoms with Crippen molar-refractivity contribution >= 4 is 0 Å². The summed E-state index contributed by atoms with van der Waals surface area (Å²) in [5, 5.41) is 20.8. The SMILES string of the molecule is CNC(C#N)Cc1ncc(-c2ccc(C#N)cc2)cc1C. The van der Waals surface area contributed by atoms with Gasteiger partial charge in [-0.2, -0.15) is 10.5 Å². The molecule has 0 aliphatic rings. The zero-order valence-corrected chi connectivity index (χ0v) is 12.1. The van der Waals surface area contributed by atoms with Crippen molar-refractivity contribution in [3.8, 4) is 23.3 Å². The molecule has 21 heavy (non-hydrogen) atoms. The third-order valence-corrected chi connectivity index (χ3v) is 3.44. The maximum Gasteiger partial charge on any atom is 0.101 e. The van der Waals surface area contributed by atoms with E-state index in [9.17, 15) is 0 Å². The van der Waals surface area contributed by atoms with Gasteiger partial charge in [0.1, 0.15) is 6.04 Å². The number of likely N-dealkylation sites (N-methyl/N-ethyl adjacent to an activating group) is 1. The van der Waals surface area contributed by atoms with Gasteiger partial charge in [-0.3, -0.25) is 4.98 Å². The van der Waals surface area contributed by atoms with Gasteiger partial charge in [-0.05, 0) is 43.3 Å². The summed E-state index contributed by atoms with van der Waals surface area (Å²) in [4.78, 5) is 4.48. The second kappa shape index (κ2) is 6.65. The molecule has 104 valence electrons. The van der Waals surface area contributed by atoms with E-state index in [1.807, 2.05) is 25.3 Å². The number of pyridine rings is 1. The van der Waals surface area contributed by atoms with E-state index >= 15 is 0 Å². The maximum absolute atomic E-state index is 8.99. The Hall–Kier alpha value is -2.69. The van der Waals surface area contributed by atoms with Crippen LogP contribution in [0.25, 0.3) is 11.1 Å². The van der Waals surface area contributed by atoms with Gasteiger partial charge >= 0.3 is 0 Å². The van der Waals surface area contributed by atoms with Crippen LogP contribution in [0.4, 0.5) is 0 Å². The summed E-state index contributed by atoms with van der Waals surface area (Å²) in [5.41, 5.74) is 4.67. The van der Waals surface area contributed by atoms with Crippen LogP contribution >= 0.6 is 0 Å². The number of aryl methyl sites for hydroxylation is 1. The molecule has 1 atom stereocenters. The van der Waals surface area contributed by atoms with E-state index in [-0.39, 0.29) is 6.04 Å². The molecular formula is C17H16N4. The number of nitrogens with zero attached hydrogens (tertiary/aromatic N) is 3. The van der Waals surface area contributed by atoms with E-state index in [0.29, 0.717) is 12.0 Å². The lowest BCUT2D eigenvalue weighted by molar-refractivity contribution is 0.663. The molecule has 2 aromatic rings. The molecule has 4 heteroatoms. The predicted molar refractivity (Wildman–Crippen MR) is 81.3 cm³/mol. The van der Waals surface area contributed by atoms with Crippen molar-refractivity contribution in [1.29, 1.82) is 10.5 Å². The summed E-state index contributed by atoms with van der Waals surface area (Å²) >= 11 is 0. The van der Waals surface area contributed by atoms with E-state index in [1.54, 1.807) is 19.2 Å². The highest BCUT2D eigenvalue weighted by molar-refractivity contribution is 5.64. The van der Waals surface area contributed by atoms with E-state index in [1.165, 1.54) is 0 Å². The van der Waals surface area contributed by atoms with Gasteiger partial charge in [0.25, 0.3) is 0 Å². The van der Waals surface area contributed by atoms with Crippen LogP contribution in [0.2, 0.25) is 0 Å². The monoisotopic (exact) mass is 276 g/mol. The van der Waals surface area contributed by atoms with Crippen LogP contribution in [0, 0.1) is 29.6 Å². The Balaban J connectivity index is 2.26. The third-order valence-electron chi connectivity index (χ3n) is 3.44. The summed E-state index contributed by atoms with van der Waals surface area (Å²) in [6.07, 6.45) is 2.40. The second-order valence-corrected chi connectivity index (χ2v) is 4.85. The highest BCUT2D eigenvalue weighted by Crippen LogP contribution is 2.21. The molecule has 0 radical (unpaired) electrons. The molecule has 0 saturated heterocycles. The first-order chi connectivity index (χ1) is 10.2. The molecule has 0 fully saturated rings. The molecule has 1 N–H and O–H groups in total. The van der Waals surface area contributed by atoms with Gasteiger partial charge in [0.2, 0.25) is 0 Å². The van der Waals surface area contributed by atoms with E-state index in [0.717, 1.165) is 22.4 Å². The summed E-state index contributed by atoms with van der Waals surface area (Å²) in [6, 6.07) is 13.6. The molecule has 0 saturated carbocycles. The molecule has 0 amide bonds. The lowest BCUT2D eigenvalue weighted by Crippen LogP contribution is -2.26. The fourth-order valence-corrected chi connectivity index (χ4v) is 2.12. The van der Waals surface area contributed by atoms with Gasteiger partial charge < -0.3 is 5.32 Å². The molecule has 1 heterocycles. The fraction of sp³-hybridized carbons (Fsp3) is 0.235. The molecule has 1 aromatic carbocycles. The molecule has 0 aliphatic heterocycles. The summed E-state index contributed by atoms with van der Waals surface area (Å²) in [6.45, 7) is 2.00. The lowest BCUT2D eigenvalue weighted by Gasteiger charge is -2.11. The van der Waals surface area contributed by atoms with Crippen molar-refractivity contribution < 1.29 is 0 Å². The minimum absolute atomic E-state index is 0.225. The maximum atomic E-state index is 8.99. The smallest absolute Gasteiger partial charge is 0.101 e. The lowest BCUT2D eigenvalue weighted by atomic mass is 10.0. The molecule has 0 aliphatic carbocycles. The second-order valence-electron chi connectivity index (χ2n) is 4.85. The van der Waals surface area contributed by atoms with Gasteiger partial charge in [-0.1, -0.05) is 12.1 Å². The Kier molecular flexibility index (Phi) is 4.66. The first-order valence-corrected chi connectivity index (χ1v) is 6.71. The Labute approximate surface area is 124 Å². The zero-order chi connectivity index (χ0) is 15.2. The van der Waals surface area contributed by atoms with Gasteiger partial charge in [0.15, 0.2) is 0 Å². The normalized spacial score (nSPS) is 11.4. The first kappa shape index (κ1) is 14.7. The predicted octanol–water partition coefficient (Wildman–Crippen LogP) is 2.58. The zero-order valence-electron chi connectivity index (χ0n) is 12.1. The summed E-state index contributed by atoms with van der Waals surface area (Å²) in [5.74, 6) is 0. The van der Waals surface area contributed by atoms with E-state index in [4.69, 9.17) is 10.5 Å². The Bertz CT molecular complexity index is 705. The number of hydrogen-bond acceptors (Lipinski definition) is 4. The highest BCUT2D eigenvalue weighted by atomic mass is 14.9. The highest BCUT2D eigenvalue weighted by Gasteiger charge is 2.10. The third kappa shape index (κ3) is 3.45. The van der Waals surface area contributed by atoms with Crippen LogP contribution in [0.15, 0.2) is 36.5 Å². The molecule has 4 nitrogen and oxygen atoms in total. The minimum Gasteiger partial charge on any atom is -0.305 e. The Morgan fingerprint density at radius 2 is 1.90 bits per heavy atom. The van der Waals surface area contributed by atoms with Crippen LogP contribution in [0.5, 0.6) is 0 Å². The largest absolute Gasteiger partial charge is 0.305 e. The minimum atomic E-state index is -0.225. The quantitative estimate of drug-likeness (QED) is 0.931. The van der Waals surface area contributed by atoms with Crippen molar-refractivity contribution in [1.82, 2.24) is 10.3 Å². The molecule has 1 aromatic heterocycles. The van der Waals surface area contributed by atoms with Crippen LogP contribution < -0.4 is 5.32 Å². The van der Waals surface area contributed by atoms with Crippen LogP contribution in [0.1, 0.15) is 16.8 Å². The Morgan fingerprint density at radius 3 is 2.43 bits per heavy atom. The van der Waals surface area contributed by atoms with Gasteiger partial charge in [-0.25, -0.2) is 0 Å². The molecule has 0 spiro atoms. The number of nitrogens with one attached hydrogen (secondary N) is 1. The standard InChI is InChI=1S/C17H16N4/c1-12-7-15(14-5-3-13(9-18)4-6-14)11-21-17(12)8-16(10-19)20-2/h3-7,11,16,20H,8H2,1-2H3. The van der Waals surface area contributed by atoms with Crippen LogP contribution in [-0.4, -0.2) is 18.1 Å². The average Bonchev–Trinajstić information content (AvgIpc) is 2.54. The fourth-order valence-electron chi connectivity index (χ4n) is 2.12. The van der Waals surface area contributed by atoms with Gasteiger partial charge in [-0.15, -0.1) is 0 Å². The number of benzene rings is 1. The van der Waals surface area contributed by atoms with Crippen LogP contribution in [0.3, 0.4) is 0 Å². The van der Waals surface area contributed by atoms with Crippen LogP contribution in [-0.2, 0) is 6.42 Å². The topological polar surface area (TPSA) is 72.5 Å². The number of hydrogen-bond donors (Lipinski definition) is 1. The average molecular weight is 276 g/mol. The van der Waals surface area contributed by atoms with Gasteiger partial charge in [0.05, 0.1) is 17.7 Å². The molecule has 0 bridgehead atoms. The van der Waals surface area contributed by atoms with E-state index in [2.05, 4.69) is 28.5 Å². The summed E-state index contributed by atoms with van der Waals surface area (Å²) in [7, 11) is 1.77. The number of rotatable bonds is 4. The summed E-state index contributed by atoms with van der Waals surface area (Å²) < 4.78 is 0. The first-order valence-electron chi connectivity index (χ1n) is 6.71. The number of nitriles is 2. The van der Waals surface area contributed by atoms with Crippen molar-refractivity contribution in [3.63, 3.8) is 0 Å². The van der Waals surface area contributed by atoms with Crippen molar-refractivity contribution in [3.05, 3.63) is 53.3 Å². The van der Waals surface area contributed by atoms with Crippen molar-refractivity contribution in [2.45, 2.75) is 19.4 Å². The molecular weight excluding hydrogens is 260 g/mol. The number of aromatic nitrogens is 1. The Morgan fingerprint density at radius 1 is 1.19 bits per heavy atom. The molecule has 2 rings (SSSR count).